The van der Waals surface area contributed by atoms with E-state index in [1.54, 1.807) is 0 Å². The van der Waals surface area contributed by atoms with Crippen LogP contribution in [-0.4, -0.2) is 30.3 Å². The topological polar surface area (TPSA) is 86.7 Å². The average Bonchev–Trinajstić information content (AvgIpc) is 2.37. The number of carboxylic acids is 1. The third-order valence-corrected chi connectivity index (χ3v) is 2.83. The molecule has 5 nitrogen and oxygen atoms in total. The number of carbonyl (C=O) groups is 2. The maximum absolute atomic E-state index is 11.3. The summed E-state index contributed by atoms with van der Waals surface area (Å²) >= 11 is 0. The van der Waals surface area contributed by atoms with Gasteiger partial charge < -0.3 is 19.7 Å². The Hall–Kier alpha value is -1.10. The number of ether oxygens (including phenoxy) is 1. The molecule has 0 atom stereocenters. The Kier molecular flexibility index (Phi) is 12.6. The fraction of sp³-hybridized carbons (Fsp3) is 0.857. The average molecular weight is 273 g/mol. The number of esters is 1. The summed E-state index contributed by atoms with van der Waals surface area (Å²) in [6.45, 7) is 0.526. The SMILES string of the molecule is O=C([O-])CCCCCCCCC(=O)OCCCCO. The smallest absolute Gasteiger partial charge is 0.305 e. The van der Waals surface area contributed by atoms with E-state index >= 15 is 0 Å². The van der Waals surface area contributed by atoms with Crippen molar-refractivity contribution in [3.8, 4) is 0 Å². The number of aliphatic hydroxyl groups excluding tert-OH is 1. The van der Waals surface area contributed by atoms with Crippen molar-refractivity contribution >= 4 is 11.9 Å². The molecular formula is C14H25O5-. The van der Waals surface area contributed by atoms with Crippen LogP contribution in [0, 0.1) is 0 Å². The van der Waals surface area contributed by atoms with Crippen LogP contribution in [0.5, 0.6) is 0 Å². The molecule has 0 radical (unpaired) electrons. The van der Waals surface area contributed by atoms with Crippen LogP contribution in [0.15, 0.2) is 0 Å². The lowest BCUT2D eigenvalue weighted by molar-refractivity contribution is -0.305. The Balaban J connectivity index is 3.16. The summed E-state index contributed by atoms with van der Waals surface area (Å²) in [6, 6.07) is 0. The number of hydrogen-bond donors (Lipinski definition) is 1. The Labute approximate surface area is 115 Å². The highest BCUT2D eigenvalue weighted by Gasteiger charge is 2.02. The number of carboxylic acid groups (broad SMARTS) is 1. The Morgan fingerprint density at radius 3 is 2.00 bits per heavy atom. The molecule has 0 aromatic heterocycles. The van der Waals surface area contributed by atoms with E-state index in [2.05, 4.69) is 0 Å². The third kappa shape index (κ3) is 14.8. The molecule has 0 fully saturated rings. The third-order valence-electron chi connectivity index (χ3n) is 2.83. The lowest BCUT2D eigenvalue weighted by atomic mass is 10.1. The molecule has 0 aliphatic rings. The second kappa shape index (κ2) is 13.3. The maximum atomic E-state index is 11.3. The van der Waals surface area contributed by atoms with E-state index in [0.717, 1.165) is 32.1 Å². The van der Waals surface area contributed by atoms with Gasteiger partial charge in [-0.05, 0) is 32.1 Å². The molecule has 112 valence electrons. The number of hydrogen-bond acceptors (Lipinski definition) is 5. The van der Waals surface area contributed by atoms with E-state index in [0.29, 0.717) is 32.3 Å². The van der Waals surface area contributed by atoms with Gasteiger partial charge in [-0.3, -0.25) is 4.79 Å². The van der Waals surface area contributed by atoms with Crippen LogP contribution in [0.1, 0.15) is 64.2 Å². The van der Waals surface area contributed by atoms with Gasteiger partial charge in [-0.2, -0.15) is 0 Å². The summed E-state index contributed by atoms with van der Waals surface area (Å²) in [5, 5.41) is 18.7. The van der Waals surface area contributed by atoms with Crippen LogP contribution < -0.4 is 5.11 Å². The molecule has 19 heavy (non-hydrogen) atoms. The molecule has 0 unspecified atom stereocenters. The first-order chi connectivity index (χ1) is 9.16. The summed E-state index contributed by atoms with van der Waals surface area (Å²) < 4.78 is 4.99. The van der Waals surface area contributed by atoms with Crippen molar-refractivity contribution in [2.24, 2.45) is 0 Å². The fourth-order valence-corrected chi connectivity index (χ4v) is 1.72. The van der Waals surface area contributed by atoms with Gasteiger partial charge in [0.2, 0.25) is 0 Å². The number of aliphatic carboxylic acids is 1. The van der Waals surface area contributed by atoms with Gasteiger partial charge in [0, 0.05) is 19.0 Å². The van der Waals surface area contributed by atoms with Crippen molar-refractivity contribution in [3.05, 3.63) is 0 Å². The normalized spacial score (nSPS) is 10.4. The van der Waals surface area contributed by atoms with Crippen molar-refractivity contribution < 1.29 is 24.5 Å². The van der Waals surface area contributed by atoms with E-state index in [-0.39, 0.29) is 19.0 Å². The summed E-state index contributed by atoms with van der Waals surface area (Å²) in [5.74, 6) is -1.15. The van der Waals surface area contributed by atoms with Crippen molar-refractivity contribution in [2.75, 3.05) is 13.2 Å². The maximum Gasteiger partial charge on any atom is 0.305 e. The van der Waals surface area contributed by atoms with Crippen molar-refractivity contribution in [2.45, 2.75) is 64.2 Å². The minimum atomic E-state index is -0.982. The molecule has 0 heterocycles. The zero-order valence-corrected chi connectivity index (χ0v) is 11.6. The van der Waals surface area contributed by atoms with Gasteiger partial charge in [-0.25, -0.2) is 0 Å². The molecule has 0 saturated heterocycles. The minimum absolute atomic E-state index is 0.134. The van der Waals surface area contributed by atoms with Gasteiger partial charge in [0.15, 0.2) is 0 Å². The van der Waals surface area contributed by atoms with Crippen LogP contribution in [0.25, 0.3) is 0 Å². The highest BCUT2D eigenvalue weighted by molar-refractivity contribution is 5.69. The second-order valence-electron chi connectivity index (χ2n) is 4.64. The van der Waals surface area contributed by atoms with E-state index in [1.165, 1.54) is 0 Å². The van der Waals surface area contributed by atoms with Gasteiger partial charge in [-0.1, -0.05) is 25.7 Å². The van der Waals surface area contributed by atoms with Crippen LogP contribution in [0.2, 0.25) is 0 Å². The summed E-state index contributed by atoms with van der Waals surface area (Å²) in [7, 11) is 0. The number of aliphatic hydroxyl groups is 1. The number of rotatable bonds is 13. The van der Waals surface area contributed by atoms with Crippen LogP contribution in [-0.2, 0) is 14.3 Å². The molecular weight excluding hydrogens is 248 g/mol. The number of unbranched alkanes of at least 4 members (excludes halogenated alkanes) is 6. The molecule has 0 aliphatic heterocycles. The Morgan fingerprint density at radius 1 is 0.842 bits per heavy atom. The first-order valence-electron chi connectivity index (χ1n) is 7.13. The zero-order chi connectivity index (χ0) is 14.3. The molecule has 0 saturated carbocycles. The first-order valence-corrected chi connectivity index (χ1v) is 7.13. The highest BCUT2D eigenvalue weighted by Crippen LogP contribution is 2.09. The van der Waals surface area contributed by atoms with Crippen molar-refractivity contribution in [1.29, 1.82) is 0 Å². The van der Waals surface area contributed by atoms with E-state index in [1.807, 2.05) is 0 Å². The molecule has 1 N–H and O–H groups in total. The van der Waals surface area contributed by atoms with Gasteiger partial charge in [0.05, 0.1) is 6.61 Å². The van der Waals surface area contributed by atoms with Gasteiger partial charge in [0.1, 0.15) is 0 Å². The predicted octanol–water partition coefficient (Wildman–Crippen LogP) is 1.17. The molecule has 0 amide bonds. The quantitative estimate of drug-likeness (QED) is 0.402. The van der Waals surface area contributed by atoms with Crippen LogP contribution in [0.4, 0.5) is 0 Å². The molecule has 0 aliphatic carbocycles. The summed E-state index contributed by atoms with van der Waals surface area (Å²) in [6.07, 6.45) is 7.34. The molecule has 0 spiro atoms. The van der Waals surface area contributed by atoms with E-state index in [4.69, 9.17) is 9.84 Å². The standard InChI is InChI=1S/C14H26O5/c15-11-7-8-12-19-14(18)10-6-4-2-1-3-5-9-13(16)17/h15H,1-12H2,(H,16,17)/p-1. The Bertz CT molecular complexity index is 240. The minimum Gasteiger partial charge on any atom is -0.550 e. The number of carbonyl (C=O) groups excluding carboxylic acids is 2. The van der Waals surface area contributed by atoms with Gasteiger partial charge in [0.25, 0.3) is 0 Å². The molecule has 0 aromatic rings. The van der Waals surface area contributed by atoms with E-state index < -0.39 is 5.97 Å². The van der Waals surface area contributed by atoms with Crippen LogP contribution >= 0.6 is 0 Å². The monoisotopic (exact) mass is 273 g/mol. The van der Waals surface area contributed by atoms with Crippen molar-refractivity contribution in [3.63, 3.8) is 0 Å². The first kappa shape index (κ1) is 17.9. The lowest BCUT2D eigenvalue weighted by Crippen LogP contribution is -2.21. The summed E-state index contributed by atoms with van der Waals surface area (Å²) in [4.78, 5) is 21.4. The highest BCUT2D eigenvalue weighted by atomic mass is 16.5. The van der Waals surface area contributed by atoms with Gasteiger partial charge in [-0.15, -0.1) is 0 Å². The van der Waals surface area contributed by atoms with Crippen molar-refractivity contribution in [1.82, 2.24) is 0 Å². The molecule has 5 heteroatoms. The second-order valence-corrected chi connectivity index (χ2v) is 4.64. The summed E-state index contributed by atoms with van der Waals surface area (Å²) in [5.41, 5.74) is 0. The van der Waals surface area contributed by atoms with Gasteiger partial charge >= 0.3 is 5.97 Å². The zero-order valence-electron chi connectivity index (χ0n) is 11.6. The molecule has 0 rings (SSSR count). The van der Waals surface area contributed by atoms with E-state index in [9.17, 15) is 14.7 Å². The fourth-order valence-electron chi connectivity index (χ4n) is 1.72. The van der Waals surface area contributed by atoms with Crippen LogP contribution in [0.3, 0.4) is 0 Å². The Morgan fingerprint density at radius 2 is 1.42 bits per heavy atom. The molecule has 0 bridgehead atoms. The largest absolute Gasteiger partial charge is 0.550 e. The molecule has 0 aromatic carbocycles. The lowest BCUT2D eigenvalue weighted by Gasteiger charge is -2.04. The predicted molar refractivity (Wildman–Crippen MR) is 69.2 cm³/mol.